The average Bonchev–Trinajstić information content (AvgIpc) is 2.66. The van der Waals surface area contributed by atoms with Gasteiger partial charge in [0.15, 0.2) is 5.75 Å². The van der Waals surface area contributed by atoms with Crippen molar-refractivity contribution in [3.63, 3.8) is 0 Å². The van der Waals surface area contributed by atoms with Crippen LogP contribution in [0.1, 0.15) is 18.9 Å². The first-order valence-corrected chi connectivity index (χ1v) is 10.3. The van der Waals surface area contributed by atoms with Crippen LogP contribution in [-0.4, -0.2) is 27.5 Å². The van der Waals surface area contributed by atoms with Crippen LogP contribution in [0.15, 0.2) is 29.1 Å². The number of hydrogen-bond donors (Lipinski definition) is 2. The summed E-state index contributed by atoms with van der Waals surface area (Å²) < 4.78 is 36.1. The molecule has 0 radical (unpaired) electrons. The van der Waals surface area contributed by atoms with Gasteiger partial charge in [-0.3, -0.25) is 14.1 Å². The van der Waals surface area contributed by atoms with Crippen molar-refractivity contribution in [1.29, 1.82) is 0 Å². The van der Waals surface area contributed by atoms with Crippen LogP contribution in [0.2, 0.25) is 0 Å². The van der Waals surface area contributed by atoms with Crippen LogP contribution in [0, 0.1) is 5.82 Å². The molecule has 2 aromatic rings. The van der Waals surface area contributed by atoms with Crippen LogP contribution in [0.5, 0.6) is 5.75 Å². The summed E-state index contributed by atoms with van der Waals surface area (Å²) in [6.07, 6.45) is 1.27. The van der Waals surface area contributed by atoms with Gasteiger partial charge in [0.25, 0.3) is 5.56 Å². The number of pyridine rings is 1. The number of rotatable bonds is 9. The van der Waals surface area contributed by atoms with E-state index in [1.165, 1.54) is 30.9 Å². The van der Waals surface area contributed by atoms with E-state index >= 15 is 0 Å². The number of aromatic nitrogens is 1. The van der Waals surface area contributed by atoms with Crippen LogP contribution in [-0.2, 0) is 24.5 Å². The van der Waals surface area contributed by atoms with Crippen molar-refractivity contribution < 1.29 is 13.3 Å². The molecule has 0 spiro atoms. The Balaban J connectivity index is 2.48. The Kier molecular flexibility index (Phi) is 7.67. The summed E-state index contributed by atoms with van der Waals surface area (Å²) in [4.78, 5) is 12.2. The highest BCUT2D eigenvalue weighted by atomic mass is 35.5. The second kappa shape index (κ2) is 9.75. The molecule has 9 heteroatoms. The van der Waals surface area contributed by atoms with Gasteiger partial charge in [-0.1, -0.05) is 13.0 Å². The van der Waals surface area contributed by atoms with Gasteiger partial charge in [-0.05, 0) is 30.5 Å². The second-order valence-electron chi connectivity index (χ2n) is 5.82. The van der Waals surface area contributed by atoms with Gasteiger partial charge in [-0.2, -0.15) is 0 Å². The summed E-state index contributed by atoms with van der Waals surface area (Å²) in [7, 11) is 1.50. The molecule has 0 fully saturated rings. The SMILES string of the molecule is CCc1ccc(Nc2c(NS(=O)CCCCl)c(OC)cc(=O)n2C)c(F)c1. The average molecular weight is 416 g/mol. The van der Waals surface area contributed by atoms with Gasteiger partial charge in [0, 0.05) is 24.7 Å². The second-order valence-corrected chi connectivity index (χ2v) is 7.50. The molecule has 1 aromatic carbocycles. The number of aryl methyl sites for hydroxylation is 1. The lowest BCUT2D eigenvalue weighted by atomic mass is 10.1. The summed E-state index contributed by atoms with van der Waals surface area (Å²) in [6.45, 7) is 1.94. The van der Waals surface area contributed by atoms with E-state index in [9.17, 15) is 13.4 Å². The van der Waals surface area contributed by atoms with Crippen molar-refractivity contribution in [2.24, 2.45) is 7.05 Å². The van der Waals surface area contributed by atoms with E-state index in [1.54, 1.807) is 12.1 Å². The third-order valence-electron chi connectivity index (χ3n) is 4.00. The molecule has 0 saturated heterocycles. The molecule has 148 valence electrons. The molecule has 1 atom stereocenters. The first-order valence-electron chi connectivity index (χ1n) is 8.45. The molecule has 1 heterocycles. The maximum Gasteiger partial charge on any atom is 0.255 e. The van der Waals surface area contributed by atoms with Gasteiger partial charge in [-0.25, -0.2) is 8.60 Å². The fourth-order valence-electron chi connectivity index (χ4n) is 2.44. The van der Waals surface area contributed by atoms with Crippen LogP contribution in [0.3, 0.4) is 0 Å². The van der Waals surface area contributed by atoms with E-state index in [4.69, 9.17) is 16.3 Å². The van der Waals surface area contributed by atoms with Crippen molar-refractivity contribution in [3.8, 4) is 5.75 Å². The predicted molar refractivity (Wildman–Crippen MR) is 109 cm³/mol. The summed E-state index contributed by atoms with van der Waals surface area (Å²) >= 11 is 5.65. The maximum absolute atomic E-state index is 14.4. The van der Waals surface area contributed by atoms with E-state index < -0.39 is 16.8 Å². The van der Waals surface area contributed by atoms with E-state index in [0.717, 1.165) is 5.56 Å². The van der Waals surface area contributed by atoms with Crippen LogP contribution >= 0.6 is 11.6 Å². The number of nitrogens with zero attached hydrogens (tertiary/aromatic N) is 1. The molecule has 0 aliphatic carbocycles. The Labute approximate surface area is 165 Å². The number of anilines is 3. The molecule has 27 heavy (non-hydrogen) atoms. The molecule has 0 aliphatic rings. The normalized spacial score (nSPS) is 11.9. The topological polar surface area (TPSA) is 72.4 Å². The lowest BCUT2D eigenvalue weighted by Crippen LogP contribution is -2.22. The lowest BCUT2D eigenvalue weighted by molar-refractivity contribution is 0.415. The van der Waals surface area contributed by atoms with Crippen molar-refractivity contribution >= 4 is 39.8 Å². The minimum Gasteiger partial charge on any atom is -0.494 e. The Morgan fingerprint density at radius 1 is 1.33 bits per heavy atom. The third kappa shape index (κ3) is 5.23. The summed E-state index contributed by atoms with van der Waals surface area (Å²) in [5.41, 5.74) is 1.02. The molecule has 2 rings (SSSR count). The molecular formula is C18H23ClFN3O3S. The van der Waals surface area contributed by atoms with Crippen molar-refractivity contribution in [3.05, 3.63) is 46.0 Å². The predicted octanol–water partition coefficient (Wildman–Crippen LogP) is 3.54. The van der Waals surface area contributed by atoms with Gasteiger partial charge < -0.3 is 10.1 Å². The van der Waals surface area contributed by atoms with E-state index in [0.29, 0.717) is 30.2 Å². The minimum atomic E-state index is -1.44. The molecule has 1 aromatic heterocycles. The zero-order chi connectivity index (χ0) is 20.0. The largest absolute Gasteiger partial charge is 0.494 e. The lowest BCUT2D eigenvalue weighted by Gasteiger charge is -2.19. The monoisotopic (exact) mass is 415 g/mol. The highest BCUT2D eigenvalue weighted by Gasteiger charge is 2.18. The summed E-state index contributed by atoms with van der Waals surface area (Å²) in [6, 6.07) is 6.12. The number of alkyl halides is 1. The van der Waals surface area contributed by atoms with Gasteiger partial charge in [-0.15, -0.1) is 11.6 Å². The first kappa shape index (κ1) is 21.2. The van der Waals surface area contributed by atoms with Crippen LogP contribution in [0.4, 0.5) is 21.6 Å². The van der Waals surface area contributed by atoms with Crippen molar-refractivity contribution in [2.45, 2.75) is 19.8 Å². The Morgan fingerprint density at radius 3 is 2.67 bits per heavy atom. The number of nitrogens with one attached hydrogen (secondary N) is 2. The number of benzene rings is 1. The Bertz CT molecular complexity index is 889. The van der Waals surface area contributed by atoms with Crippen molar-refractivity contribution in [1.82, 2.24) is 4.57 Å². The van der Waals surface area contributed by atoms with E-state index in [2.05, 4.69) is 10.0 Å². The Morgan fingerprint density at radius 2 is 2.07 bits per heavy atom. The smallest absolute Gasteiger partial charge is 0.255 e. The quantitative estimate of drug-likeness (QED) is 0.614. The van der Waals surface area contributed by atoms with Gasteiger partial charge in [0.1, 0.15) is 28.3 Å². The first-order chi connectivity index (χ1) is 12.9. The molecule has 0 saturated carbocycles. The Hall–Kier alpha value is -2.06. The fraction of sp³-hybridized carbons (Fsp3) is 0.389. The molecule has 0 aliphatic heterocycles. The number of halogens is 2. The standard InChI is InChI=1S/C18H23ClFN3O3S/c1-4-12-6-7-14(13(20)10-12)21-18-17(22-27(25)9-5-8-19)15(26-3)11-16(24)23(18)2/h6-7,10-11,21-22H,4-5,8-9H2,1-3H3. The maximum atomic E-state index is 14.4. The number of hydrogen-bond acceptors (Lipinski definition) is 4. The summed E-state index contributed by atoms with van der Waals surface area (Å²) in [5, 5.41) is 2.92. The molecule has 0 bridgehead atoms. The highest BCUT2D eigenvalue weighted by molar-refractivity contribution is 7.86. The molecular weight excluding hydrogens is 393 g/mol. The van der Waals surface area contributed by atoms with Crippen molar-refractivity contribution in [2.75, 3.05) is 28.8 Å². The van der Waals surface area contributed by atoms with E-state index in [1.807, 2.05) is 6.92 Å². The van der Waals surface area contributed by atoms with E-state index in [-0.39, 0.29) is 22.8 Å². The zero-order valence-electron chi connectivity index (χ0n) is 15.5. The summed E-state index contributed by atoms with van der Waals surface area (Å²) in [5.74, 6) is 0.734. The third-order valence-corrected chi connectivity index (χ3v) is 5.36. The van der Waals surface area contributed by atoms with Gasteiger partial charge in [0.05, 0.1) is 12.8 Å². The van der Waals surface area contributed by atoms with Gasteiger partial charge in [0.2, 0.25) is 0 Å². The fourth-order valence-corrected chi connectivity index (χ4v) is 3.67. The number of methoxy groups -OCH3 is 1. The minimum absolute atomic E-state index is 0.199. The highest BCUT2D eigenvalue weighted by Crippen LogP contribution is 2.33. The van der Waals surface area contributed by atoms with Gasteiger partial charge >= 0.3 is 0 Å². The number of ether oxygens (including phenoxy) is 1. The molecule has 6 nitrogen and oxygen atoms in total. The molecule has 1 unspecified atom stereocenters. The van der Waals surface area contributed by atoms with Crippen LogP contribution in [0.25, 0.3) is 0 Å². The van der Waals surface area contributed by atoms with Crippen LogP contribution < -0.4 is 20.3 Å². The zero-order valence-corrected chi connectivity index (χ0v) is 17.0. The molecule has 2 N–H and O–H groups in total. The molecule has 0 amide bonds.